The molecule has 5 nitrogen and oxygen atoms in total. The third-order valence-electron chi connectivity index (χ3n) is 1.68. The van der Waals surface area contributed by atoms with Crippen molar-refractivity contribution in [3.63, 3.8) is 0 Å². The molecule has 82 valence electrons. The number of alkyl halides is 2. The highest BCUT2D eigenvalue weighted by Gasteiger charge is 2.22. The molecule has 0 aliphatic carbocycles. The summed E-state index contributed by atoms with van der Waals surface area (Å²) in [7, 11) is 0. The van der Waals surface area contributed by atoms with Crippen molar-refractivity contribution < 1.29 is 13.7 Å². The highest BCUT2D eigenvalue weighted by molar-refractivity contribution is 14.1. The normalized spacial score (nSPS) is 10.7. The predicted molar refractivity (Wildman–Crippen MR) is 56.5 cm³/mol. The topological polar surface area (TPSA) is 82.0 Å². The van der Waals surface area contributed by atoms with Crippen LogP contribution in [0.1, 0.15) is 17.7 Å². The van der Waals surface area contributed by atoms with E-state index in [0.29, 0.717) is 0 Å². The van der Waals surface area contributed by atoms with Gasteiger partial charge in [-0.3, -0.25) is 10.1 Å². The number of pyridine rings is 1. The van der Waals surface area contributed by atoms with Crippen LogP contribution in [-0.4, -0.2) is 9.91 Å². The molecule has 0 atom stereocenters. The summed E-state index contributed by atoms with van der Waals surface area (Å²) in [5, 5.41) is 10.6. The van der Waals surface area contributed by atoms with Crippen LogP contribution in [0.5, 0.6) is 0 Å². The van der Waals surface area contributed by atoms with Gasteiger partial charge in [0.25, 0.3) is 6.43 Å². The van der Waals surface area contributed by atoms with E-state index in [1.54, 1.807) is 22.6 Å². The number of hydrogen-bond donors (Lipinski definition) is 1. The summed E-state index contributed by atoms with van der Waals surface area (Å²) in [6, 6.07) is 0.963. The molecule has 2 N–H and O–H groups in total. The molecule has 0 aliphatic rings. The Balaban J connectivity index is 3.37. The Morgan fingerprint density at radius 2 is 2.27 bits per heavy atom. The van der Waals surface area contributed by atoms with Gasteiger partial charge in [-0.05, 0) is 28.7 Å². The molecule has 0 amide bonds. The van der Waals surface area contributed by atoms with Gasteiger partial charge in [-0.25, -0.2) is 13.8 Å². The van der Waals surface area contributed by atoms with Crippen molar-refractivity contribution in [1.29, 1.82) is 0 Å². The van der Waals surface area contributed by atoms with Crippen molar-refractivity contribution in [3.8, 4) is 0 Å². The summed E-state index contributed by atoms with van der Waals surface area (Å²) < 4.78 is 24.6. The lowest BCUT2D eigenvalue weighted by Crippen LogP contribution is -2.07. The molecule has 15 heavy (non-hydrogen) atoms. The number of aromatic nitrogens is 1. The molecule has 0 aliphatic heterocycles. The van der Waals surface area contributed by atoms with Gasteiger partial charge >= 0.3 is 5.69 Å². The molecule has 1 heterocycles. The summed E-state index contributed by atoms with van der Waals surface area (Å²) in [5.41, 5.74) is 4.51. The van der Waals surface area contributed by atoms with Gasteiger partial charge < -0.3 is 5.73 Å². The smallest absolute Gasteiger partial charge is 0.305 e. The van der Waals surface area contributed by atoms with Crippen LogP contribution < -0.4 is 5.73 Å². The van der Waals surface area contributed by atoms with Gasteiger partial charge in [0.05, 0.1) is 4.92 Å². The molecule has 0 aromatic carbocycles. The van der Waals surface area contributed by atoms with Crippen LogP contribution in [0, 0.1) is 13.8 Å². The van der Waals surface area contributed by atoms with E-state index in [1.165, 1.54) is 0 Å². The lowest BCUT2D eigenvalue weighted by Gasteiger charge is -2.05. The average Bonchev–Trinajstić information content (AvgIpc) is 2.15. The predicted octanol–water partition coefficient (Wildman–Crippen LogP) is 1.99. The third kappa shape index (κ3) is 2.56. The largest absolute Gasteiger partial charge is 0.326 e. The molecular weight excluding hydrogens is 323 g/mol. The molecule has 0 saturated heterocycles. The molecule has 1 rings (SSSR count). The zero-order valence-corrected chi connectivity index (χ0v) is 9.44. The zero-order valence-electron chi connectivity index (χ0n) is 7.28. The molecule has 0 bridgehead atoms. The van der Waals surface area contributed by atoms with Crippen molar-refractivity contribution >= 4 is 28.3 Å². The van der Waals surface area contributed by atoms with Gasteiger partial charge in [0.15, 0.2) is 3.70 Å². The molecule has 1 aromatic heterocycles. The fourth-order valence-electron chi connectivity index (χ4n) is 1.04. The Labute approximate surface area is 97.0 Å². The Morgan fingerprint density at radius 3 is 2.67 bits per heavy atom. The number of rotatable bonds is 3. The molecular formula is C7H6F2IN3O2. The van der Waals surface area contributed by atoms with E-state index in [0.717, 1.165) is 6.07 Å². The Morgan fingerprint density at radius 1 is 1.67 bits per heavy atom. The van der Waals surface area contributed by atoms with E-state index in [2.05, 4.69) is 4.98 Å². The number of halogens is 3. The van der Waals surface area contributed by atoms with Crippen molar-refractivity contribution in [2.24, 2.45) is 5.73 Å². The van der Waals surface area contributed by atoms with Gasteiger partial charge in [0.2, 0.25) is 0 Å². The first-order chi connectivity index (χ1) is 6.97. The minimum absolute atomic E-state index is 0.0645. The SMILES string of the molecule is NCc1cc(C(F)F)nc(I)c1[N+](=O)[O-]. The third-order valence-corrected chi connectivity index (χ3v) is 2.43. The number of nitro groups is 1. The van der Waals surface area contributed by atoms with E-state index >= 15 is 0 Å². The Hall–Kier alpha value is -0.900. The van der Waals surface area contributed by atoms with Crippen LogP contribution in [0.3, 0.4) is 0 Å². The fraction of sp³-hybridized carbons (Fsp3) is 0.286. The van der Waals surface area contributed by atoms with Crippen LogP contribution >= 0.6 is 22.6 Å². The van der Waals surface area contributed by atoms with E-state index in [1.807, 2.05) is 0 Å². The number of nitrogens with zero attached hydrogens (tertiary/aromatic N) is 2. The maximum atomic E-state index is 12.3. The van der Waals surface area contributed by atoms with Crippen molar-refractivity contribution in [3.05, 3.63) is 31.1 Å². The van der Waals surface area contributed by atoms with Gasteiger partial charge in [-0.15, -0.1) is 0 Å². The second kappa shape index (κ2) is 4.75. The number of hydrogen-bond acceptors (Lipinski definition) is 4. The lowest BCUT2D eigenvalue weighted by atomic mass is 10.2. The van der Waals surface area contributed by atoms with Crippen LogP contribution in [0.4, 0.5) is 14.5 Å². The fourth-order valence-corrected chi connectivity index (χ4v) is 1.86. The van der Waals surface area contributed by atoms with Crippen LogP contribution in [0.25, 0.3) is 0 Å². The summed E-state index contributed by atoms with van der Waals surface area (Å²) in [6.45, 7) is -0.172. The van der Waals surface area contributed by atoms with E-state index < -0.39 is 17.0 Å². The second-order valence-electron chi connectivity index (χ2n) is 2.61. The summed E-state index contributed by atoms with van der Waals surface area (Å²) in [6.07, 6.45) is -2.76. The molecule has 8 heteroatoms. The first-order valence-electron chi connectivity index (χ1n) is 3.79. The van der Waals surface area contributed by atoms with Gasteiger partial charge in [-0.2, -0.15) is 0 Å². The molecule has 0 spiro atoms. The van der Waals surface area contributed by atoms with Gasteiger partial charge in [0.1, 0.15) is 5.69 Å². The maximum Gasteiger partial charge on any atom is 0.305 e. The van der Waals surface area contributed by atoms with Crippen LogP contribution in [0.15, 0.2) is 6.07 Å². The first-order valence-corrected chi connectivity index (χ1v) is 4.87. The summed E-state index contributed by atoms with van der Waals surface area (Å²) in [5.74, 6) is 0. The van der Waals surface area contributed by atoms with E-state index in [-0.39, 0.29) is 21.5 Å². The van der Waals surface area contributed by atoms with Crippen LogP contribution in [0.2, 0.25) is 0 Å². The molecule has 0 unspecified atom stereocenters. The standard InChI is InChI=1S/C7H6F2IN3O2/c8-6(9)4-1-3(2-11)5(13(14)15)7(10)12-4/h1,6H,2,11H2. The molecule has 0 fully saturated rings. The van der Waals surface area contributed by atoms with Gasteiger partial charge in [0, 0.05) is 12.1 Å². The molecule has 0 radical (unpaired) electrons. The summed E-state index contributed by atoms with van der Waals surface area (Å²) >= 11 is 1.54. The first kappa shape index (κ1) is 12.2. The molecule has 1 aromatic rings. The molecule has 0 saturated carbocycles. The second-order valence-corrected chi connectivity index (χ2v) is 3.63. The van der Waals surface area contributed by atoms with E-state index in [9.17, 15) is 18.9 Å². The zero-order chi connectivity index (χ0) is 11.6. The Kier molecular flexibility index (Phi) is 3.85. The maximum absolute atomic E-state index is 12.3. The monoisotopic (exact) mass is 329 g/mol. The van der Waals surface area contributed by atoms with Crippen LogP contribution in [-0.2, 0) is 6.54 Å². The van der Waals surface area contributed by atoms with Crippen molar-refractivity contribution in [2.75, 3.05) is 0 Å². The van der Waals surface area contributed by atoms with Crippen molar-refractivity contribution in [2.45, 2.75) is 13.0 Å². The van der Waals surface area contributed by atoms with E-state index in [4.69, 9.17) is 5.73 Å². The lowest BCUT2D eigenvalue weighted by molar-refractivity contribution is -0.386. The highest BCUT2D eigenvalue weighted by Crippen LogP contribution is 2.28. The summed E-state index contributed by atoms with van der Waals surface area (Å²) in [4.78, 5) is 13.4. The number of nitrogens with two attached hydrogens (primary N) is 1. The Bertz CT molecular complexity index is 400. The van der Waals surface area contributed by atoms with Gasteiger partial charge in [-0.1, -0.05) is 0 Å². The minimum Gasteiger partial charge on any atom is -0.326 e. The quantitative estimate of drug-likeness (QED) is 0.398. The average molecular weight is 329 g/mol. The highest BCUT2D eigenvalue weighted by atomic mass is 127. The minimum atomic E-state index is -2.76. The van der Waals surface area contributed by atoms with Crippen molar-refractivity contribution in [1.82, 2.24) is 4.98 Å².